The molecule has 3 heteroatoms. The maximum atomic E-state index is 5.20. The van der Waals surface area contributed by atoms with Crippen molar-refractivity contribution in [3.63, 3.8) is 0 Å². The molecule has 1 aromatic heterocycles. The van der Waals surface area contributed by atoms with Crippen LogP contribution < -0.4 is 0 Å². The van der Waals surface area contributed by atoms with Crippen LogP contribution in [0.1, 0.15) is 0 Å². The van der Waals surface area contributed by atoms with Crippen LogP contribution in [-0.2, 0) is 0 Å². The predicted octanol–water partition coefficient (Wildman–Crippen LogP) is 12.4. The number of nitrogens with zero attached hydrogens (tertiary/aromatic N) is 3. The summed E-state index contributed by atoms with van der Waals surface area (Å²) in [4.78, 5) is 5.20. The summed E-state index contributed by atoms with van der Waals surface area (Å²) in [5.41, 5.74) is 12.5. The Hall–Kier alpha value is -6.84. The molecule has 0 radical (unpaired) electrons. The highest BCUT2D eigenvalue weighted by atomic mass is 15.4. The zero-order valence-corrected chi connectivity index (χ0v) is 27.9. The average Bonchev–Trinajstić information content (AvgIpc) is 3.67. The molecule has 0 spiro atoms. The largest absolute Gasteiger partial charge is 0.213 e. The predicted molar refractivity (Wildman–Crippen MR) is 211 cm³/mol. The van der Waals surface area contributed by atoms with E-state index in [1.54, 1.807) is 0 Å². The highest BCUT2D eigenvalue weighted by Gasteiger charge is 2.17. The molecule has 9 aromatic rings. The van der Waals surface area contributed by atoms with Crippen LogP contribution >= 0.6 is 0 Å². The third-order valence-electron chi connectivity index (χ3n) is 9.54. The summed E-state index contributed by atoms with van der Waals surface area (Å²) in [6, 6.07) is 70.4. The van der Waals surface area contributed by atoms with Gasteiger partial charge in [0.05, 0.1) is 5.69 Å². The molecule has 0 amide bonds. The van der Waals surface area contributed by atoms with Gasteiger partial charge in [0.2, 0.25) is 0 Å². The summed E-state index contributed by atoms with van der Waals surface area (Å²) >= 11 is 0. The fourth-order valence-electron chi connectivity index (χ4n) is 6.79. The Morgan fingerprint density at radius 1 is 0.314 bits per heavy atom. The normalized spacial score (nSPS) is 11.1. The van der Waals surface area contributed by atoms with Crippen LogP contribution in [0.4, 0.5) is 0 Å². The first-order chi connectivity index (χ1) is 25.3. The Balaban J connectivity index is 1.07. The first-order valence-electron chi connectivity index (χ1n) is 17.2. The number of benzene rings is 8. The lowest BCUT2D eigenvalue weighted by atomic mass is 9.99. The lowest BCUT2D eigenvalue weighted by molar-refractivity contribution is 0.891. The molecule has 0 aliphatic carbocycles. The van der Waals surface area contributed by atoms with Gasteiger partial charge in [-0.25, -0.2) is 9.67 Å². The average molecular weight is 652 g/mol. The molecule has 0 N–H and O–H groups in total. The van der Waals surface area contributed by atoms with Crippen LogP contribution in [0.5, 0.6) is 0 Å². The van der Waals surface area contributed by atoms with Crippen LogP contribution in [0.3, 0.4) is 0 Å². The summed E-state index contributed by atoms with van der Waals surface area (Å²) in [6.45, 7) is 0. The van der Waals surface area contributed by atoms with Gasteiger partial charge >= 0.3 is 0 Å². The molecule has 51 heavy (non-hydrogen) atoms. The van der Waals surface area contributed by atoms with E-state index in [4.69, 9.17) is 10.1 Å². The van der Waals surface area contributed by atoms with E-state index in [1.807, 2.05) is 16.8 Å². The second kappa shape index (κ2) is 13.2. The molecule has 0 bridgehead atoms. The van der Waals surface area contributed by atoms with Crippen molar-refractivity contribution in [3.8, 4) is 73.0 Å². The number of hydrogen-bond donors (Lipinski definition) is 0. The van der Waals surface area contributed by atoms with Crippen LogP contribution in [0.2, 0.25) is 0 Å². The van der Waals surface area contributed by atoms with Crippen molar-refractivity contribution in [2.75, 3.05) is 0 Å². The lowest BCUT2D eigenvalue weighted by Gasteiger charge is -2.09. The van der Waals surface area contributed by atoms with Gasteiger partial charge in [-0.3, -0.25) is 0 Å². The van der Waals surface area contributed by atoms with Gasteiger partial charge in [0.25, 0.3) is 0 Å². The van der Waals surface area contributed by atoms with Gasteiger partial charge in [-0.05, 0) is 67.4 Å². The Morgan fingerprint density at radius 3 is 1.22 bits per heavy atom. The summed E-state index contributed by atoms with van der Waals surface area (Å²) < 4.78 is 1.98. The maximum absolute atomic E-state index is 5.20. The minimum Gasteiger partial charge on any atom is -0.213 e. The summed E-state index contributed by atoms with van der Waals surface area (Å²) in [5.74, 6) is 1.49. The minimum absolute atomic E-state index is 0.697. The Morgan fingerprint density at radius 2 is 0.706 bits per heavy atom. The Bertz CT molecular complexity index is 2420. The molecular formula is C48H33N3. The Kier molecular flexibility index (Phi) is 7.84. The number of aromatic nitrogens is 3. The third kappa shape index (κ3) is 6.03. The van der Waals surface area contributed by atoms with Crippen molar-refractivity contribution < 1.29 is 0 Å². The summed E-state index contributed by atoms with van der Waals surface area (Å²) in [6.07, 6.45) is 0. The number of fused-ring (bicyclic) bond motifs is 1. The van der Waals surface area contributed by atoms with E-state index in [0.717, 1.165) is 44.5 Å². The molecule has 0 unspecified atom stereocenters. The summed E-state index contributed by atoms with van der Waals surface area (Å²) in [5, 5.41) is 7.45. The van der Waals surface area contributed by atoms with Gasteiger partial charge in [0, 0.05) is 11.1 Å². The topological polar surface area (TPSA) is 30.7 Å². The highest BCUT2D eigenvalue weighted by Crippen LogP contribution is 2.33. The van der Waals surface area contributed by atoms with Crippen molar-refractivity contribution >= 4 is 10.8 Å². The fourth-order valence-corrected chi connectivity index (χ4v) is 6.79. The van der Waals surface area contributed by atoms with Crippen molar-refractivity contribution in [2.24, 2.45) is 0 Å². The molecule has 0 fully saturated rings. The third-order valence-corrected chi connectivity index (χ3v) is 9.54. The lowest BCUT2D eigenvalue weighted by Crippen LogP contribution is -2.00. The molecule has 240 valence electrons. The zero-order chi connectivity index (χ0) is 34.0. The van der Waals surface area contributed by atoms with Gasteiger partial charge in [0.1, 0.15) is 0 Å². The smallest absolute Gasteiger partial charge is 0.182 e. The van der Waals surface area contributed by atoms with E-state index in [2.05, 4.69) is 188 Å². The van der Waals surface area contributed by atoms with Gasteiger partial charge in [-0.15, -0.1) is 5.10 Å². The molecule has 3 nitrogen and oxygen atoms in total. The van der Waals surface area contributed by atoms with Crippen LogP contribution in [-0.4, -0.2) is 14.8 Å². The first kappa shape index (κ1) is 30.2. The molecule has 0 saturated carbocycles. The molecule has 8 aromatic carbocycles. The molecular weight excluding hydrogens is 619 g/mol. The van der Waals surface area contributed by atoms with E-state index in [1.165, 1.54) is 33.4 Å². The van der Waals surface area contributed by atoms with Crippen molar-refractivity contribution in [1.29, 1.82) is 0 Å². The number of hydrogen-bond acceptors (Lipinski definition) is 2. The van der Waals surface area contributed by atoms with Gasteiger partial charge in [0.15, 0.2) is 11.6 Å². The standard InChI is InChI=1S/C48H33N3/c1-3-10-34(11-4-1)36-18-22-38(23-19-36)40-26-28-43(29-27-40)48-49-47(46-17-9-15-42-14-7-8-16-45(42)46)50-51(48)44-32-30-41(31-33-44)39-24-20-37(21-25-39)35-12-5-2-6-13-35/h1-33H. The molecule has 0 aliphatic heterocycles. The monoisotopic (exact) mass is 651 g/mol. The number of rotatable bonds is 7. The van der Waals surface area contributed by atoms with E-state index < -0.39 is 0 Å². The van der Waals surface area contributed by atoms with E-state index in [0.29, 0.717) is 5.82 Å². The Labute approximate surface area is 297 Å². The second-order valence-corrected chi connectivity index (χ2v) is 12.7. The molecule has 0 aliphatic rings. The van der Waals surface area contributed by atoms with E-state index in [9.17, 15) is 0 Å². The SMILES string of the molecule is c1ccc(-c2ccc(-c3ccc(-c4nc(-c5cccc6ccccc56)nn4-c4ccc(-c5ccc(-c6ccccc6)cc5)cc4)cc3)cc2)cc1. The molecule has 9 rings (SSSR count). The maximum Gasteiger partial charge on any atom is 0.182 e. The van der Waals surface area contributed by atoms with Crippen LogP contribution in [0.25, 0.3) is 83.7 Å². The summed E-state index contributed by atoms with van der Waals surface area (Å²) in [7, 11) is 0. The van der Waals surface area contributed by atoms with Gasteiger partial charge in [-0.1, -0.05) is 188 Å². The van der Waals surface area contributed by atoms with Crippen molar-refractivity contribution in [2.45, 2.75) is 0 Å². The van der Waals surface area contributed by atoms with E-state index >= 15 is 0 Å². The van der Waals surface area contributed by atoms with Crippen LogP contribution in [0, 0.1) is 0 Å². The zero-order valence-electron chi connectivity index (χ0n) is 27.9. The van der Waals surface area contributed by atoms with Crippen LogP contribution in [0.15, 0.2) is 200 Å². The molecule has 0 atom stereocenters. The highest BCUT2D eigenvalue weighted by molar-refractivity contribution is 5.95. The van der Waals surface area contributed by atoms with E-state index in [-0.39, 0.29) is 0 Å². The van der Waals surface area contributed by atoms with Gasteiger partial charge in [-0.2, -0.15) is 0 Å². The molecule has 1 heterocycles. The molecule has 0 saturated heterocycles. The van der Waals surface area contributed by atoms with Crippen molar-refractivity contribution in [3.05, 3.63) is 200 Å². The quantitative estimate of drug-likeness (QED) is 0.172. The first-order valence-corrected chi connectivity index (χ1v) is 17.2. The fraction of sp³-hybridized carbons (Fsp3) is 0. The van der Waals surface area contributed by atoms with Gasteiger partial charge < -0.3 is 0 Å². The van der Waals surface area contributed by atoms with Crippen molar-refractivity contribution in [1.82, 2.24) is 14.8 Å². The minimum atomic E-state index is 0.697. The second-order valence-electron chi connectivity index (χ2n) is 12.7.